The van der Waals surface area contributed by atoms with Crippen molar-refractivity contribution in [2.45, 2.75) is 50.0 Å². The first-order valence-electron chi connectivity index (χ1n) is 7.05. The van der Waals surface area contributed by atoms with Gasteiger partial charge in [0, 0.05) is 0 Å². The minimum Gasteiger partial charge on any atom is -0.380 e. The third kappa shape index (κ3) is 2.24. The zero-order valence-electron chi connectivity index (χ0n) is 12.1. The molecule has 1 aromatic rings. The fourth-order valence-corrected chi connectivity index (χ4v) is 3.95. The Morgan fingerprint density at radius 2 is 1.83 bits per heavy atom. The molecule has 3 rings (SSSR count). The number of hydrogen-bond acceptors (Lipinski definition) is 3. The summed E-state index contributed by atoms with van der Waals surface area (Å²) >= 11 is 3.12. The van der Waals surface area contributed by atoms with Crippen molar-refractivity contribution >= 4 is 21.8 Å². The van der Waals surface area contributed by atoms with Gasteiger partial charge in [0.05, 0.1) is 4.47 Å². The normalized spacial score (nSPS) is 30.4. The van der Waals surface area contributed by atoms with E-state index in [-0.39, 0.29) is 23.0 Å². The first kappa shape index (κ1) is 16.5. The molecule has 0 unspecified atom stereocenters. The van der Waals surface area contributed by atoms with Gasteiger partial charge < -0.3 is 10.4 Å². The van der Waals surface area contributed by atoms with E-state index in [0.29, 0.717) is 5.56 Å². The minimum absolute atomic E-state index is 0.163. The van der Waals surface area contributed by atoms with Crippen LogP contribution in [0.5, 0.6) is 0 Å². The number of aryl methyl sites for hydroxylation is 1. The second-order valence-electron chi connectivity index (χ2n) is 6.18. The van der Waals surface area contributed by atoms with Gasteiger partial charge in [0.1, 0.15) is 11.4 Å². The van der Waals surface area contributed by atoms with E-state index in [4.69, 9.17) is 0 Å². The van der Waals surface area contributed by atoms with E-state index in [1.807, 2.05) is 0 Å². The Bertz CT molecular complexity index is 749. The maximum absolute atomic E-state index is 13.0. The van der Waals surface area contributed by atoms with E-state index in [9.17, 15) is 27.9 Å². The largest absolute Gasteiger partial charge is 0.417 e. The number of halogens is 4. The topological polar surface area (TPSA) is 71.3 Å². The van der Waals surface area contributed by atoms with Crippen molar-refractivity contribution in [3.63, 3.8) is 0 Å². The van der Waals surface area contributed by atoms with Gasteiger partial charge in [-0.05, 0) is 60.2 Å². The number of pyridine rings is 1. The number of fused-ring (bicyclic) bond motifs is 2. The Morgan fingerprint density at radius 1 is 1.26 bits per heavy atom. The first-order valence-corrected chi connectivity index (χ1v) is 7.84. The van der Waals surface area contributed by atoms with E-state index in [1.165, 1.54) is 10.6 Å². The molecule has 1 aliphatic heterocycles. The Morgan fingerprint density at radius 3 is 2.35 bits per heavy atom. The first-order chi connectivity index (χ1) is 10.5. The third-order valence-corrected chi connectivity index (χ3v) is 5.34. The van der Waals surface area contributed by atoms with E-state index in [0.717, 1.165) is 0 Å². The molecular weight excluding hydrogens is 381 g/mol. The number of alkyl halides is 3. The number of amides is 1. The Hall–Kier alpha value is -1.35. The van der Waals surface area contributed by atoms with Crippen molar-refractivity contribution in [1.29, 1.82) is 0 Å². The van der Waals surface area contributed by atoms with Gasteiger partial charge in [0.15, 0.2) is 5.60 Å². The van der Waals surface area contributed by atoms with Crippen molar-refractivity contribution in [3.05, 3.63) is 32.2 Å². The molecule has 0 radical (unpaired) electrons. The molecule has 5 nitrogen and oxygen atoms in total. The zero-order valence-corrected chi connectivity index (χ0v) is 13.7. The Labute approximate surface area is 137 Å². The van der Waals surface area contributed by atoms with Gasteiger partial charge in [-0.15, -0.1) is 0 Å². The number of hydrogen-bond donors (Lipinski definition) is 2. The predicted octanol–water partition coefficient (Wildman–Crippen LogP) is 2.18. The zero-order chi connectivity index (χ0) is 17.2. The van der Waals surface area contributed by atoms with Crippen LogP contribution in [-0.2, 0) is 5.66 Å². The standard InChI is InChI=1S/C14H14BrF3N2O3/c1-7-6-8(15)11(22)20-9(7)10(21)19-13(20)4-2-12(23,3-5-13)14(16,17)18/h6,23H,2-5H2,1H3,(H,19,21)/t12-,13-. The van der Waals surface area contributed by atoms with Crippen LogP contribution >= 0.6 is 15.9 Å². The van der Waals surface area contributed by atoms with Gasteiger partial charge in [-0.1, -0.05) is 0 Å². The molecule has 2 aliphatic rings. The van der Waals surface area contributed by atoms with E-state index < -0.39 is 41.7 Å². The summed E-state index contributed by atoms with van der Waals surface area (Å²) in [5, 5.41) is 12.5. The summed E-state index contributed by atoms with van der Waals surface area (Å²) in [6.07, 6.45) is -6.23. The van der Waals surface area contributed by atoms with Crippen molar-refractivity contribution < 1.29 is 23.1 Å². The second kappa shape index (κ2) is 4.83. The van der Waals surface area contributed by atoms with Crippen LogP contribution in [0.25, 0.3) is 0 Å². The van der Waals surface area contributed by atoms with Crippen LogP contribution in [0.1, 0.15) is 41.7 Å². The van der Waals surface area contributed by atoms with Crippen molar-refractivity contribution in [1.82, 2.24) is 9.88 Å². The van der Waals surface area contributed by atoms with Crippen molar-refractivity contribution in [2.75, 3.05) is 0 Å². The predicted molar refractivity (Wildman–Crippen MR) is 78.1 cm³/mol. The second-order valence-corrected chi connectivity index (χ2v) is 7.03. The minimum atomic E-state index is -4.74. The highest BCUT2D eigenvalue weighted by Crippen LogP contribution is 2.47. The maximum atomic E-state index is 13.0. The highest BCUT2D eigenvalue weighted by molar-refractivity contribution is 9.10. The lowest BCUT2D eigenvalue weighted by Gasteiger charge is -2.43. The quantitative estimate of drug-likeness (QED) is 0.708. The van der Waals surface area contributed by atoms with Crippen LogP contribution < -0.4 is 10.9 Å². The molecule has 2 N–H and O–H groups in total. The summed E-state index contributed by atoms with van der Waals surface area (Å²) < 4.78 is 40.4. The number of rotatable bonds is 0. The number of carbonyl (C=O) groups excluding carboxylic acids is 1. The van der Waals surface area contributed by atoms with Crippen LogP contribution in [0.3, 0.4) is 0 Å². The summed E-state index contributed by atoms with van der Waals surface area (Å²) in [6, 6.07) is 1.52. The van der Waals surface area contributed by atoms with Crippen LogP contribution in [0.2, 0.25) is 0 Å². The number of nitrogens with one attached hydrogen (secondary N) is 1. The van der Waals surface area contributed by atoms with Crippen LogP contribution in [0.4, 0.5) is 13.2 Å². The molecule has 9 heteroatoms. The molecular formula is C14H14BrF3N2O3. The molecule has 1 saturated carbocycles. The number of aromatic nitrogens is 1. The van der Waals surface area contributed by atoms with Gasteiger partial charge in [0.25, 0.3) is 11.5 Å². The lowest BCUT2D eigenvalue weighted by atomic mass is 9.78. The average Bonchev–Trinajstić information content (AvgIpc) is 2.72. The molecule has 1 fully saturated rings. The molecule has 0 aromatic carbocycles. The molecule has 1 amide bonds. The number of carbonyl (C=O) groups is 1. The molecule has 1 aromatic heterocycles. The molecule has 0 bridgehead atoms. The summed E-state index contributed by atoms with van der Waals surface area (Å²) in [4.78, 5) is 24.6. The van der Waals surface area contributed by atoms with E-state index in [1.54, 1.807) is 6.92 Å². The number of nitrogens with zero attached hydrogens (tertiary/aromatic N) is 1. The smallest absolute Gasteiger partial charge is 0.380 e. The Balaban J connectivity index is 2.07. The highest BCUT2D eigenvalue weighted by atomic mass is 79.9. The van der Waals surface area contributed by atoms with Crippen LogP contribution in [-0.4, -0.2) is 27.4 Å². The van der Waals surface area contributed by atoms with Gasteiger partial charge in [-0.2, -0.15) is 13.2 Å². The van der Waals surface area contributed by atoms with E-state index >= 15 is 0 Å². The third-order valence-electron chi connectivity index (χ3n) is 4.77. The monoisotopic (exact) mass is 394 g/mol. The summed E-state index contributed by atoms with van der Waals surface area (Å²) in [7, 11) is 0. The van der Waals surface area contributed by atoms with E-state index in [2.05, 4.69) is 21.2 Å². The average molecular weight is 395 g/mol. The molecule has 126 valence electrons. The molecule has 1 spiro atoms. The fourth-order valence-electron chi connectivity index (χ4n) is 3.43. The SMILES string of the molecule is Cc1cc(Br)c(=O)n2c1C(=O)N[C@]21CC[C@](O)(C(F)(F)F)CC1. The fraction of sp³-hybridized carbons (Fsp3) is 0.571. The molecule has 23 heavy (non-hydrogen) atoms. The van der Waals surface area contributed by atoms with Gasteiger partial charge in [-0.25, -0.2) is 0 Å². The van der Waals surface area contributed by atoms with Gasteiger partial charge in [0.2, 0.25) is 0 Å². The van der Waals surface area contributed by atoms with Crippen LogP contribution in [0, 0.1) is 6.92 Å². The van der Waals surface area contributed by atoms with Crippen molar-refractivity contribution in [3.8, 4) is 0 Å². The molecule has 2 heterocycles. The summed E-state index contributed by atoms with van der Waals surface area (Å²) in [5.41, 5.74) is -3.74. The maximum Gasteiger partial charge on any atom is 0.417 e. The summed E-state index contributed by atoms with van der Waals surface area (Å²) in [6.45, 7) is 1.66. The van der Waals surface area contributed by atoms with Crippen molar-refractivity contribution in [2.24, 2.45) is 0 Å². The Kier molecular flexibility index (Phi) is 3.46. The lowest BCUT2D eigenvalue weighted by Crippen LogP contribution is -2.57. The lowest BCUT2D eigenvalue weighted by molar-refractivity contribution is -0.275. The van der Waals surface area contributed by atoms with Gasteiger partial charge >= 0.3 is 6.18 Å². The molecule has 1 aliphatic carbocycles. The summed E-state index contributed by atoms with van der Waals surface area (Å²) in [5.74, 6) is -0.482. The number of aliphatic hydroxyl groups is 1. The van der Waals surface area contributed by atoms with Crippen LogP contribution in [0.15, 0.2) is 15.3 Å². The molecule has 0 atom stereocenters. The highest BCUT2D eigenvalue weighted by Gasteiger charge is 2.59. The molecule has 0 saturated heterocycles. The van der Waals surface area contributed by atoms with Gasteiger partial charge in [-0.3, -0.25) is 14.2 Å².